The highest BCUT2D eigenvalue weighted by molar-refractivity contribution is 6.35. The molecular weight excluding hydrogens is 326 g/mol. The average Bonchev–Trinajstić information content (AvgIpc) is 2.71. The van der Waals surface area contributed by atoms with Crippen LogP contribution in [0.1, 0.15) is 38.2 Å². The van der Waals surface area contributed by atoms with Crippen molar-refractivity contribution in [3.8, 4) is 0 Å². The lowest BCUT2D eigenvalue weighted by molar-refractivity contribution is 0.668. The number of aryl methyl sites for hydroxylation is 1. The molecule has 1 nitrogen and oxygen atoms in total. The predicted molar refractivity (Wildman–Crippen MR) is 120 cm³/mol. The molecule has 5 rings (SSSR count). The molecule has 0 fully saturated rings. The maximum Gasteiger partial charge on any atom is 0.0400 e. The zero-order chi connectivity index (χ0) is 18.4. The molecule has 0 heterocycles. The number of unbranched alkanes of at least 4 members (excludes halogenated alkanes) is 3. The number of benzene rings is 5. The number of nitrogen functional groups attached to an aromatic ring is 1. The van der Waals surface area contributed by atoms with Crippen LogP contribution in [0.3, 0.4) is 0 Å². The summed E-state index contributed by atoms with van der Waals surface area (Å²) in [5.41, 5.74) is 8.83. The second kappa shape index (κ2) is 6.42. The van der Waals surface area contributed by atoms with Crippen LogP contribution in [0.5, 0.6) is 0 Å². The molecule has 5 aromatic carbocycles. The molecule has 0 saturated carbocycles. The highest BCUT2D eigenvalue weighted by Gasteiger charge is 2.15. The summed E-state index contributed by atoms with van der Waals surface area (Å²) in [6.07, 6.45) is 6.34. The predicted octanol–water partition coefficient (Wildman–Crippen LogP) is 7.44. The van der Waals surface area contributed by atoms with E-state index in [-0.39, 0.29) is 0 Å². The topological polar surface area (TPSA) is 26.0 Å². The molecule has 134 valence electrons. The SMILES string of the molecule is CCCCCCc1ccc2c3c(N)ccc4cccc(c5cccc1c52)c43. The molecule has 1 heteroatoms. The Labute approximate surface area is 160 Å². The number of rotatable bonds is 5. The van der Waals surface area contributed by atoms with Crippen LogP contribution in [-0.2, 0) is 6.42 Å². The van der Waals surface area contributed by atoms with Crippen molar-refractivity contribution in [3.63, 3.8) is 0 Å². The lowest BCUT2D eigenvalue weighted by Gasteiger charge is -2.17. The Hall–Kier alpha value is -2.80. The standard InChI is InChI=1S/C26H25N/c1-2-3-4-5-8-17-13-15-22-25-19(17)10-7-12-21(25)20-11-6-9-18-14-16-23(27)26(22)24(18)20/h6-7,9-16H,2-5,8,27H2,1H3. The maximum atomic E-state index is 6.48. The van der Waals surface area contributed by atoms with Crippen LogP contribution in [0.2, 0.25) is 0 Å². The summed E-state index contributed by atoms with van der Waals surface area (Å²) in [5.74, 6) is 0. The van der Waals surface area contributed by atoms with Crippen molar-refractivity contribution in [2.24, 2.45) is 0 Å². The van der Waals surface area contributed by atoms with Crippen molar-refractivity contribution in [1.29, 1.82) is 0 Å². The normalized spacial score (nSPS) is 12.0. The molecule has 0 aromatic heterocycles. The molecule has 0 amide bonds. The molecule has 0 atom stereocenters. The van der Waals surface area contributed by atoms with Crippen LogP contribution in [0.15, 0.2) is 60.7 Å². The summed E-state index contributed by atoms with van der Waals surface area (Å²) in [5, 5.41) is 10.5. The second-order valence-electron chi connectivity index (χ2n) is 7.74. The van der Waals surface area contributed by atoms with Gasteiger partial charge in [-0.1, -0.05) is 80.8 Å². The average molecular weight is 351 g/mol. The first-order valence-corrected chi connectivity index (χ1v) is 10.2. The van der Waals surface area contributed by atoms with E-state index >= 15 is 0 Å². The van der Waals surface area contributed by atoms with Crippen molar-refractivity contribution < 1.29 is 0 Å². The Morgan fingerprint density at radius 3 is 2.26 bits per heavy atom. The van der Waals surface area contributed by atoms with Crippen molar-refractivity contribution in [2.75, 3.05) is 5.73 Å². The van der Waals surface area contributed by atoms with E-state index in [0.29, 0.717) is 0 Å². The van der Waals surface area contributed by atoms with Gasteiger partial charge in [0.25, 0.3) is 0 Å². The van der Waals surface area contributed by atoms with E-state index in [1.165, 1.54) is 74.3 Å². The quantitative estimate of drug-likeness (QED) is 0.151. The van der Waals surface area contributed by atoms with Crippen LogP contribution in [0, 0.1) is 0 Å². The van der Waals surface area contributed by atoms with Gasteiger partial charge in [-0.05, 0) is 62.2 Å². The Morgan fingerprint density at radius 1 is 0.630 bits per heavy atom. The van der Waals surface area contributed by atoms with Gasteiger partial charge in [-0.25, -0.2) is 0 Å². The van der Waals surface area contributed by atoms with Gasteiger partial charge in [-0.3, -0.25) is 0 Å². The van der Waals surface area contributed by atoms with E-state index < -0.39 is 0 Å². The Bertz CT molecular complexity index is 1270. The first kappa shape index (κ1) is 16.4. The minimum Gasteiger partial charge on any atom is -0.398 e. The molecule has 0 aliphatic heterocycles. The minimum atomic E-state index is 0.876. The molecule has 2 N–H and O–H groups in total. The molecule has 0 bridgehead atoms. The van der Waals surface area contributed by atoms with Gasteiger partial charge < -0.3 is 5.73 Å². The largest absolute Gasteiger partial charge is 0.398 e. The second-order valence-corrected chi connectivity index (χ2v) is 7.74. The third-order valence-electron chi connectivity index (χ3n) is 6.07. The molecule has 0 aliphatic carbocycles. The zero-order valence-electron chi connectivity index (χ0n) is 15.9. The van der Waals surface area contributed by atoms with Gasteiger partial charge in [-0.15, -0.1) is 0 Å². The Kier molecular flexibility index (Phi) is 3.89. The third kappa shape index (κ3) is 2.45. The van der Waals surface area contributed by atoms with Gasteiger partial charge in [0.1, 0.15) is 0 Å². The Balaban J connectivity index is 1.85. The Morgan fingerprint density at radius 2 is 1.41 bits per heavy atom. The van der Waals surface area contributed by atoms with E-state index in [0.717, 1.165) is 12.1 Å². The van der Waals surface area contributed by atoms with Gasteiger partial charge in [0.15, 0.2) is 0 Å². The summed E-state index contributed by atoms with van der Waals surface area (Å²) < 4.78 is 0. The van der Waals surface area contributed by atoms with Crippen molar-refractivity contribution >= 4 is 48.8 Å². The summed E-state index contributed by atoms with van der Waals surface area (Å²) in [4.78, 5) is 0. The first-order chi connectivity index (χ1) is 13.3. The third-order valence-corrected chi connectivity index (χ3v) is 6.07. The molecule has 0 radical (unpaired) electrons. The number of nitrogens with two attached hydrogens (primary N) is 1. The molecule has 5 aromatic rings. The van der Waals surface area contributed by atoms with Gasteiger partial charge in [-0.2, -0.15) is 0 Å². The summed E-state index contributed by atoms with van der Waals surface area (Å²) in [6, 6.07) is 22.2. The van der Waals surface area contributed by atoms with E-state index in [2.05, 4.69) is 67.6 Å². The first-order valence-electron chi connectivity index (χ1n) is 10.2. The molecule has 0 unspecified atom stereocenters. The number of anilines is 1. The zero-order valence-corrected chi connectivity index (χ0v) is 15.9. The van der Waals surface area contributed by atoms with Gasteiger partial charge in [0, 0.05) is 11.1 Å². The van der Waals surface area contributed by atoms with Crippen LogP contribution in [0.4, 0.5) is 5.69 Å². The number of hydrogen-bond acceptors (Lipinski definition) is 1. The smallest absolute Gasteiger partial charge is 0.0400 e. The van der Waals surface area contributed by atoms with Crippen LogP contribution >= 0.6 is 0 Å². The van der Waals surface area contributed by atoms with Crippen LogP contribution in [0.25, 0.3) is 43.1 Å². The molecule has 27 heavy (non-hydrogen) atoms. The summed E-state index contributed by atoms with van der Waals surface area (Å²) in [7, 11) is 0. The molecule has 0 spiro atoms. The van der Waals surface area contributed by atoms with E-state index in [1.807, 2.05) is 0 Å². The monoisotopic (exact) mass is 351 g/mol. The van der Waals surface area contributed by atoms with Gasteiger partial charge in [0.05, 0.1) is 0 Å². The summed E-state index contributed by atoms with van der Waals surface area (Å²) >= 11 is 0. The lowest BCUT2D eigenvalue weighted by Crippen LogP contribution is -1.94. The van der Waals surface area contributed by atoms with Crippen molar-refractivity contribution in [3.05, 3.63) is 66.2 Å². The van der Waals surface area contributed by atoms with Crippen molar-refractivity contribution in [2.45, 2.75) is 39.0 Å². The van der Waals surface area contributed by atoms with Gasteiger partial charge in [0.2, 0.25) is 0 Å². The minimum absolute atomic E-state index is 0.876. The summed E-state index contributed by atoms with van der Waals surface area (Å²) in [6.45, 7) is 2.27. The van der Waals surface area contributed by atoms with E-state index in [4.69, 9.17) is 5.73 Å². The van der Waals surface area contributed by atoms with Crippen molar-refractivity contribution in [1.82, 2.24) is 0 Å². The molecule has 0 aliphatic rings. The molecular formula is C26H25N. The molecule has 0 saturated heterocycles. The number of fused-ring (bicyclic) bond motifs is 2. The van der Waals surface area contributed by atoms with Crippen LogP contribution in [-0.4, -0.2) is 0 Å². The maximum absolute atomic E-state index is 6.48. The fourth-order valence-corrected chi connectivity index (χ4v) is 4.77. The lowest BCUT2D eigenvalue weighted by atomic mass is 9.87. The highest BCUT2D eigenvalue weighted by atomic mass is 14.6. The number of hydrogen-bond donors (Lipinski definition) is 1. The van der Waals surface area contributed by atoms with E-state index in [9.17, 15) is 0 Å². The fraction of sp³-hybridized carbons (Fsp3) is 0.231. The fourth-order valence-electron chi connectivity index (χ4n) is 4.77. The highest BCUT2D eigenvalue weighted by Crippen LogP contribution is 2.43. The van der Waals surface area contributed by atoms with Gasteiger partial charge >= 0.3 is 0 Å². The van der Waals surface area contributed by atoms with Crippen LogP contribution < -0.4 is 5.73 Å². The van der Waals surface area contributed by atoms with E-state index in [1.54, 1.807) is 0 Å².